The topological polar surface area (TPSA) is 29.0 Å². The van der Waals surface area contributed by atoms with Gasteiger partial charge in [0.25, 0.3) is 0 Å². The van der Waals surface area contributed by atoms with Crippen LogP contribution in [-0.4, -0.2) is 23.1 Å². The highest BCUT2D eigenvalue weighted by atomic mass is 15.3. The third-order valence-corrected chi connectivity index (χ3v) is 4.99. The van der Waals surface area contributed by atoms with Crippen LogP contribution in [0.5, 0.6) is 0 Å². The second-order valence-corrected chi connectivity index (χ2v) is 7.24. The highest BCUT2D eigenvalue weighted by Crippen LogP contribution is 2.54. The van der Waals surface area contributed by atoms with Gasteiger partial charge < -0.3 is 4.90 Å². The van der Waals surface area contributed by atoms with Gasteiger partial charge in [-0.2, -0.15) is 0 Å². The summed E-state index contributed by atoms with van der Waals surface area (Å²) in [5.74, 6) is 3.23. The molecule has 0 atom stereocenters. The van der Waals surface area contributed by atoms with Crippen molar-refractivity contribution in [1.29, 1.82) is 0 Å². The van der Waals surface area contributed by atoms with E-state index in [-0.39, 0.29) is 0 Å². The van der Waals surface area contributed by atoms with Gasteiger partial charge >= 0.3 is 0 Å². The van der Waals surface area contributed by atoms with E-state index < -0.39 is 0 Å². The maximum atomic E-state index is 4.51. The SMILES string of the molecule is CC(C)c1cnc(N2CC3(CC(C(C)C)C3)C2)nc1. The van der Waals surface area contributed by atoms with Crippen LogP contribution in [0.15, 0.2) is 12.4 Å². The summed E-state index contributed by atoms with van der Waals surface area (Å²) in [5, 5.41) is 0. The Hall–Kier alpha value is -1.12. The van der Waals surface area contributed by atoms with E-state index in [1.807, 2.05) is 12.4 Å². The Kier molecular flexibility index (Phi) is 3.03. The highest BCUT2D eigenvalue weighted by molar-refractivity contribution is 5.37. The van der Waals surface area contributed by atoms with Gasteiger partial charge in [0.1, 0.15) is 0 Å². The summed E-state index contributed by atoms with van der Waals surface area (Å²) in [6.45, 7) is 11.4. The van der Waals surface area contributed by atoms with Crippen molar-refractivity contribution in [2.24, 2.45) is 17.3 Å². The Morgan fingerprint density at radius 2 is 1.68 bits per heavy atom. The summed E-state index contributed by atoms with van der Waals surface area (Å²) >= 11 is 0. The Morgan fingerprint density at radius 1 is 1.11 bits per heavy atom. The normalized spacial score (nSPS) is 21.9. The van der Waals surface area contributed by atoms with Crippen molar-refractivity contribution in [2.75, 3.05) is 18.0 Å². The number of hydrogen-bond acceptors (Lipinski definition) is 3. The number of aromatic nitrogens is 2. The van der Waals surface area contributed by atoms with Crippen LogP contribution < -0.4 is 4.90 Å². The zero-order valence-corrected chi connectivity index (χ0v) is 12.6. The summed E-state index contributed by atoms with van der Waals surface area (Å²) in [5.41, 5.74) is 1.83. The molecule has 0 unspecified atom stereocenters. The molecule has 1 aliphatic carbocycles. The lowest BCUT2D eigenvalue weighted by molar-refractivity contribution is -0.00144. The van der Waals surface area contributed by atoms with Gasteiger partial charge in [-0.1, -0.05) is 27.7 Å². The lowest BCUT2D eigenvalue weighted by Crippen LogP contribution is -2.63. The van der Waals surface area contributed by atoms with E-state index in [1.54, 1.807) is 0 Å². The average molecular weight is 259 g/mol. The average Bonchev–Trinajstić information content (AvgIpc) is 2.25. The molecule has 1 aliphatic heterocycles. The Labute approximate surface area is 116 Å². The summed E-state index contributed by atoms with van der Waals surface area (Å²) in [7, 11) is 0. The first-order valence-corrected chi connectivity index (χ1v) is 7.56. The van der Waals surface area contributed by atoms with Crippen molar-refractivity contribution in [3.8, 4) is 0 Å². The minimum atomic E-state index is 0.509. The molecule has 2 fully saturated rings. The Bertz CT molecular complexity index is 436. The molecule has 0 aromatic carbocycles. The fourth-order valence-corrected chi connectivity index (χ4v) is 3.48. The van der Waals surface area contributed by atoms with Crippen LogP contribution in [0.1, 0.15) is 52.0 Å². The van der Waals surface area contributed by atoms with Crippen molar-refractivity contribution < 1.29 is 0 Å². The molecule has 3 rings (SSSR count). The Morgan fingerprint density at radius 3 is 2.16 bits per heavy atom. The van der Waals surface area contributed by atoms with Crippen LogP contribution in [0.2, 0.25) is 0 Å². The van der Waals surface area contributed by atoms with Crippen molar-refractivity contribution in [2.45, 2.75) is 46.5 Å². The molecule has 3 nitrogen and oxygen atoms in total. The molecule has 1 spiro atoms. The molecule has 0 amide bonds. The van der Waals surface area contributed by atoms with E-state index in [0.717, 1.165) is 30.9 Å². The zero-order chi connectivity index (χ0) is 13.6. The predicted octanol–water partition coefficient (Wildman–Crippen LogP) is 3.47. The molecule has 0 N–H and O–H groups in total. The van der Waals surface area contributed by atoms with Crippen LogP contribution in [0.25, 0.3) is 0 Å². The third-order valence-electron chi connectivity index (χ3n) is 4.99. The molecule has 1 aromatic heterocycles. The smallest absolute Gasteiger partial charge is 0.225 e. The molecule has 0 bridgehead atoms. The molecule has 3 heteroatoms. The number of rotatable bonds is 3. The van der Waals surface area contributed by atoms with Gasteiger partial charge in [-0.25, -0.2) is 9.97 Å². The van der Waals surface area contributed by atoms with E-state index >= 15 is 0 Å². The maximum absolute atomic E-state index is 4.51. The largest absolute Gasteiger partial charge is 0.340 e. The minimum absolute atomic E-state index is 0.509. The summed E-state index contributed by atoms with van der Waals surface area (Å²) in [6, 6.07) is 0. The van der Waals surface area contributed by atoms with Crippen LogP contribution in [0, 0.1) is 17.3 Å². The van der Waals surface area contributed by atoms with Crippen LogP contribution >= 0.6 is 0 Å². The van der Waals surface area contributed by atoms with Gasteiger partial charge in [0.15, 0.2) is 0 Å². The molecule has 1 saturated carbocycles. The first-order chi connectivity index (χ1) is 8.99. The van der Waals surface area contributed by atoms with E-state index in [4.69, 9.17) is 0 Å². The molecular weight excluding hydrogens is 234 g/mol. The van der Waals surface area contributed by atoms with Crippen molar-refractivity contribution in [1.82, 2.24) is 9.97 Å². The molecule has 2 heterocycles. The molecular formula is C16H25N3. The molecule has 2 aliphatic rings. The van der Waals surface area contributed by atoms with E-state index in [9.17, 15) is 0 Å². The fourth-order valence-electron chi connectivity index (χ4n) is 3.48. The van der Waals surface area contributed by atoms with Crippen LogP contribution in [0.4, 0.5) is 5.95 Å². The number of hydrogen-bond donors (Lipinski definition) is 0. The zero-order valence-electron chi connectivity index (χ0n) is 12.6. The second kappa shape index (κ2) is 4.46. The van der Waals surface area contributed by atoms with Crippen molar-refractivity contribution in [3.05, 3.63) is 18.0 Å². The molecule has 1 aromatic rings. The first-order valence-electron chi connectivity index (χ1n) is 7.56. The van der Waals surface area contributed by atoms with E-state index in [1.165, 1.54) is 18.4 Å². The minimum Gasteiger partial charge on any atom is -0.340 e. The molecule has 0 radical (unpaired) electrons. The maximum Gasteiger partial charge on any atom is 0.225 e. The van der Waals surface area contributed by atoms with Gasteiger partial charge in [0.2, 0.25) is 5.95 Å². The lowest BCUT2D eigenvalue weighted by atomic mass is 9.55. The summed E-state index contributed by atoms with van der Waals surface area (Å²) < 4.78 is 0. The van der Waals surface area contributed by atoms with Gasteiger partial charge in [0, 0.05) is 30.9 Å². The molecule has 1 saturated heterocycles. The van der Waals surface area contributed by atoms with Gasteiger partial charge in [0.05, 0.1) is 0 Å². The summed E-state index contributed by atoms with van der Waals surface area (Å²) in [6.07, 6.45) is 6.78. The monoisotopic (exact) mass is 259 g/mol. The summed E-state index contributed by atoms with van der Waals surface area (Å²) in [4.78, 5) is 11.4. The molecule has 19 heavy (non-hydrogen) atoms. The number of nitrogens with zero attached hydrogens (tertiary/aromatic N) is 3. The van der Waals surface area contributed by atoms with E-state index in [0.29, 0.717) is 11.3 Å². The molecule has 104 valence electrons. The van der Waals surface area contributed by atoms with Crippen LogP contribution in [-0.2, 0) is 0 Å². The lowest BCUT2D eigenvalue weighted by Gasteiger charge is -2.60. The number of anilines is 1. The van der Waals surface area contributed by atoms with Gasteiger partial charge in [-0.3, -0.25) is 0 Å². The van der Waals surface area contributed by atoms with Crippen LogP contribution in [0.3, 0.4) is 0 Å². The predicted molar refractivity (Wildman–Crippen MR) is 78.3 cm³/mol. The van der Waals surface area contributed by atoms with Gasteiger partial charge in [-0.15, -0.1) is 0 Å². The standard InChI is InChI=1S/C16H25N3/c1-11(2)13-5-16(6-13)9-19(10-16)15-17-7-14(8-18-15)12(3)4/h7-8,11-13H,5-6,9-10H2,1-4H3. The van der Waals surface area contributed by atoms with E-state index in [2.05, 4.69) is 42.6 Å². The quantitative estimate of drug-likeness (QED) is 0.832. The first kappa shape index (κ1) is 12.9. The van der Waals surface area contributed by atoms with Crippen molar-refractivity contribution >= 4 is 5.95 Å². The second-order valence-electron chi connectivity index (χ2n) is 7.24. The van der Waals surface area contributed by atoms with Crippen molar-refractivity contribution in [3.63, 3.8) is 0 Å². The third kappa shape index (κ3) is 2.24. The Balaban J connectivity index is 1.56. The fraction of sp³-hybridized carbons (Fsp3) is 0.750. The van der Waals surface area contributed by atoms with Gasteiger partial charge in [-0.05, 0) is 36.2 Å². The highest BCUT2D eigenvalue weighted by Gasteiger charge is 2.53.